The van der Waals surface area contributed by atoms with Crippen molar-refractivity contribution in [3.05, 3.63) is 28.5 Å². The number of rotatable bonds is 4. The first-order chi connectivity index (χ1) is 7.00. The lowest BCUT2D eigenvalue weighted by molar-refractivity contribution is -0.148. The van der Waals surface area contributed by atoms with E-state index in [9.17, 15) is 14.4 Å². The molecular formula is C9H6BrNO4. The molecule has 15 heavy (non-hydrogen) atoms. The smallest absolute Gasteiger partial charge is 0.372 e. The number of aromatic nitrogens is 1. The molecule has 0 saturated heterocycles. The SMILES string of the molecule is O=C(O)C(=O)CC(=O)c1ccc(Br)cn1. The first-order valence-electron chi connectivity index (χ1n) is 3.91. The highest BCUT2D eigenvalue weighted by atomic mass is 79.9. The largest absolute Gasteiger partial charge is 0.475 e. The van der Waals surface area contributed by atoms with Crippen LogP contribution < -0.4 is 0 Å². The van der Waals surface area contributed by atoms with Crippen LogP contribution in [0.25, 0.3) is 0 Å². The maximum atomic E-state index is 11.3. The molecule has 0 aromatic carbocycles. The van der Waals surface area contributed by atoms with Gasteiger partial charge in [0.25, 0.3) is 0 Å². The van der Waals surface area contributed by atoms with Gasteiger partial charge in [0.05, 0.1) is 6.42 Å². The second-order valence-electron chi connectivity index (χ2n) is 2.69. The third-order valence-corrected chi connectivity index (χ3v) is 2.04. The molecule has 0 aliphatic heterocycles. The Bertz CT molecular complexity index is 413. The number of carboxylic acid groups (broad SMARTS) is 1. The number of carboxylic acids is 1. The van der Waals surface area contributed by atoms with Crippen molar-refractivity contribution in [2.24, 2.45) is 0 Å². The molecular weight excluding hydrogens is 266 g/mol. The molecule has 0 unspecified atom stereocenters. The van der Waals surface area contributed by atoms with Crippen LogP contribution in [0.15, 0.2) is 22.8 Å². The molecule has 1 N–H and O–H groups in total. The predicted molar refractivity (Wildman–Crippen MR) is 53.5 cm³/mol. The van der Waals surface area contributed by atoms with E-state index < -0.39 is 24.0 Å². The van der Waals surface area contributed by atoms with Gasteiger partial charge < -0.3 is 5.11 Å². The van der Waals surface area contributed by atoms with Crippen molar-refractivity contribution in [2.45, 2.75) is 6.42 Å². The number of hydrogen-bond acceptors (Lipinski definition) is 4. The summed E-state index contributed by atoms with van der Waals surface area (Å²) in [5.41, 5.74) is 0.0767. The number of carbonyl (C=O) groups excluding carboxylic acids is 2. The van der Waals surface area contributed by atoms with E-state index in [2.05, 4.69) is 20.9 Å². The molecule has 0 saturated carbocycles. The van der Waals surface area contributed by atoms with Crippen molar-refractivity contribution in [1.29, 1.82) is 0 Å². The summed E-state index contributed by atoms with van der Waals surface area (Å²) >= 11 is 3.13. The first-order valence-corrected chi connectivity index (χ1v) is 4.71. The molecule has 0 fully saturated rings. The predicted octanol–water partition coefficient (Wildman–Crippen LogP) is 1.07. The van der Waals surface area contributed by atoms with Crippen LogP contribution >= 0.6 is 15.9 Å². The molecule has 0 aliphatic carbocycles. The van der Waals surface area contributed by atoms with Gasteiger partial charge in [0.1, 0.15) is 5.69 Å². The molecule has 78 valence electrons. The second-order valence-corrected chi connectivity index (χ2v) is 3.61. The Hall–Kier alpha value is -1.56. The van der Waals surface area contributed by atoms with Gasteiger partial charge in [-0.1, -0.05) is 0 Å². The van der Waals surface area contributed by atoms with Crippen molar-refractivity contribution in [2.75, 3.05) is 0 Å². The van der Waals surface area contributed by atoms with E-state index in [1.165, 1.54) is 12.3 Å². The van der Waals surface area contributed by atoms with E-state index in [0.717, 1.165) is 0 Å². The Kier molecular flexibility index (Phi) is 3.68. The van der Waals surface area contributed by atoms with Crippen LogP contribution in [0.4, 0.5) is 0 Å². The van der Waals surface area contributed by atoms with E-state index in [-0.39, 0.29) is 5.69 Å². The zero-order valence-electron chi connectivity index (χ0n) is 7.44. The van der Waals surface area contributed by atoms with Gasteiger partial charge in [-0.25, -0.2) is 4.79 Å². The summed E-state index contributed by atoms with van der Waals surface area (Å²) in [6.45, 7) is 0. The maximum absolute atomic E-state index is 11.3. The normalized spacial score (nSPS) is 9.67. The lowest BCUT2D eigenvalue weighted by Gasteiger charge is -1.97. The number of hydrogen-bond donors (Lipinski definition) is 1. The van der Waals surface area contributed by atoms with Crippen molar-refractivity contribution >= 4 is 33.5 Å². The minimum atomic E-state index is -1.61. The van der Waals surface area contributed by atoms with Crippen LogP contribution in [0, 0.1) is 0 Å². The molecule has 5 nitrogen and oxygen atoms in total. The summed E-state index contributed by atoms with van der Waals surface area (Å²) in [5, 5.41) is 8.29. The summed E-state index contributed by atoms with van der Waals surface area (Å²) < 4.78 is 0.698. The zero-order chi connectivity index (χ0) is 11.4. The van der Waals surface area contributed by atoms with Crippen LogP contribution in [-0.2, 0) is 9.59 Å². The highest BCUT2D eigenvalue weighted by Gasteiger charge is 2.18. The van der Waals surface area contributed by atoms with E-state index in [4.69, 9.17) is 5.11 Å². The van der Waals surface area contributed by atoms with Crippen molar-refractivity contribution < 1.29 is 19.5 Å². The maximum Gasteiger partial charge on any atom is 0.372 e. The summed E-state index contributed by atoms with van der Waals surface area (Å²) in [7, 11) is 0. The molecule has 0 radical (unpaired) electrons. The van der Waals surface area contributed by atoms with Gasteiger partial charge in [0.2, 0.25) is 5.78 Å². The van der Waals surface area contributed by atoms with E-state index >= 15 is 0 Å². The van der Waals surface area contributed by atoms with Crippen LogP contribution in [-0.4, -0.2) is 27.6 Å². The van der Waals surface area contributed by atoms with Crippen LogP contribution in [0.3, 0.4) is 0 Å². The fraction of sp³-hybridized carbons (Fsp3) is 0.111. The van der Waals surface area contributed by atoms with Crippen molar-refractivity contribution in [3.8, 4) is 0 Å². The minimum Gasteiger partial charge on any atom is -0.475 e. The van der Waals surface area contributed by atoms with Crippen molar-refractivity contribution in [1.82, 2.24) is 4.98 Å². The highest BCUT2D eigenvalue weighted by molar-refractivity contribution is 9.10. The molecule has 0 amide bonds. The highest BCUT2D eigenvalue weighted by Crippen LogP contribution is 2.08. The van der Waals surface area contributed by atoms with Gasteiger partial charge in [-0.05, 0) is 28.1 Å². The Morgan fingerprint density at radius 3 is 2.47 bits per heavy atom. The van der Waals surface area contributed by atoms with E-state index in [0.29, 0.717) is 4.47 Å². The Balaban J connectivity index is 2.74. The van der Waals surface area contributed by atoms with Gasteiger partial charge in [-0.3, -0.25) is 14.6 Å². The van der Waals surface area contributed by atoms with Gasteiger partial charge in [-0.15, -0.1) is 0 Å². The molecule has 1 aromatic rings. The van der Waals surface area contributed by atoms with Gasteiger partial charge in [0, 0.05) is 10.7 Å². The quantitative estimate of drug-likeness (QED) is 0.503. The minimum absolute atomic E-state index is 0.0767. The van der Waals surface area contributed by atoms with Crippen molar-refractivity contribution in [3.63, 3.8) is 0 Å². The topological polar surface area (TPSA) is 84.3 Å². The number of carbonyl (C=O) groups is 3. The van der Waals surface area contributed by atoms with E-state index in [1.54, 1.807) is 6.07 Å². The first kappa shape index (κ1) is 11.5. The standard InChI is InChI=1S/C9H6BrNO4/c10-5-1-2-6(11-4-5)7(12)3-8(13)9(14)15/h1-2,4H,3H2,(H,14,15). The third-order valence-electron chi connectivity index (χ3n) is 1.57. The molecule has 0 aliphatic rings. The average molecular weight is 272 g/mol. The lowest BCUT2D eigenvalue weighted by Crippen LogP contribution is -2.17. The van der Waals surface area contributed by atoms with Gasteiger partial charge in [-0.2, -0.15) is 0 Å². The Morgan fingerprint density at radius 1 is 1.33 bits per heavy atom. The average Bonchev–Trinajstić information content (AvgIpc) is 2.18. The summed E-state index contributed by atoms with van der Waals surface area (Å²) in [6, 6.07) is 3.01. The number of aliphatic carboxylic acids is 1. The summed E-state index contributed by atoms with van der Waals surface area (Å²) in [5.74, 6) is -3.35. The molecule has 1 rings (SSSR count). The molecule has 6 heteroatoms. The molecule has 1 heterocycles. The number of nitrogens with zero attached hydrogens (tertiary/aromatic N) is 1. The fourth-order valence-electron chi connectivity index (χ4n) is 0.853. The lowest BCUT2D eigenvalue weighted by atomic mass is 10.1. The third kappa shape index (κ3) is 3.25. The number of pyridine rings is 1. The molecule has 0 spiro atoms. The Labute approximate surface area is 93.3 Å². The fourth-order valence-corrected chi connectivity index (χ4v) is 1.09. The van der Waals surface area contributed by atoms with Crippen LogP contribution in [0.5, 0.6) is 0 Å². The van der Waals surface area contributed by atoms with Gasteiger partial charge in [0.15, 0.2) is 5.78 Å². The molecule has 0 atom stereocenters. The number of Topliss-reactive ketones (excluding diaryl/α,β-unsaturated/α-hetero) is 2. The monoisotopic (exact) mass is 271 g/mol. The summed E-state index contributed by atoms with van der Waals surface area (Å²) in [4.78, 5) is 36.0. The number of halogens is 1. The molecule has 0 bridgehead atoms. The van der Waals surface area contributed by atoms with Crippen LogP contribution in [0.1, 0.15) is 16.9 Å². The van der Waals surface area contributed by atoms with Gasteiger partial charge >= 0.3 is 5.97 Å². The molecule has 1 aromatic heterocycles. The summed E-state index contributed by atoms with van der Waals surface area (Å²) in [6.07, 6.45) is 0.739. The van der Waals surface area contributed by atoms with E-state index in [1.807, 2.05) is 0 Å². The second kappa shape index (κ2) is 4.79. The van der Waals surface area contributed by atoms with Crippen LogP contribution in [0.2, 0.25) is 0 Å². The Morgan fingerprint density at radius 2 is 2.00 bits per heavy atom. The number of ketones is 2. The zero-order valence-corrected chi connectivity index (χ0v) is 9.02.